The van der Waals surface area contributed by atoms with Crippen molar-refractivity contribution in [1.82, 2.24) is 20.0 Å². The summed E-state index contributed by atoms with van der Waals surface area (Å²) in [4.78, 5) is 39.2. The van der Waals surface area contributed by atoms with E-state index in [-0.39, 0.29) is 30.3 Å². The maximum atomic E-state index is 12.6. The fourth-order valence-corrected chi connectivity index (χ4v) is 2.86. The molecule has 2 aromatic rings. The third-order valence-electron chi connectivity index (χ3n) is 4.29. The van der Waals surface area contributed by atoms with Crippen molar-refractivity contribution >= 4 is 11.8 Å². The molecule has 10 nitrogen and oxygen atoms in total. The number of aromatic nitrogens is 2. The summed E-state index contributed by atoms with van der Waals surface area (Å²) in [5.74, 6) is -2.65. The molecule has 4 N–H and O–H groups in total. The highest BCUT2D eigenvalue weighted by Gasteiger charge is 2.25. The zero-order valence-electron chi connectivity index (χ0n) is 14.3. The number of phenolic OH excluding ortho intramolecular Hbond substituents is 3. The van der Waals surface area contributed by atoms with Crippen LogP contribution in [0.25, 0.3) is 0 Å². The topological polar surface area (TPSA) is 147 Å². The Morgan fingerprint density at radius 2 is 1.52 bits per heavy atom. The van der Waals surface area contributed by atoms with E-state index in [0.717, 1.165) is 12.1 Å². The Kier molecular flexibility index (Phi) is 4.97. The van der Waals surface area contributed by atoms with Gasteiger partial charge in [0, 0.05) is 37.8 Å². The van der Waals surface area contributed by atoms with Crippen molar-refractivity contribution in [2.24, 2.45) is 0 Å². The molecule has 1 aliphatic heterocycles. The van der Waals surface area contributed by atoms with Crippen molar-refractivity contribution in [1.29, 1.82) is 0 Å². The minimum Gasteiger partial charge on any atom is -0.504 e. The van der Waals surface area contributed by atoms with E-state index in [4.69, 9.17) is 0 Å². The number of nitrogens with one attached hydrogen (secondary N) is 1. The highest BCUT2D eigenvalue weighted by atomic mass is 16.3. The molecule has 0 aliphatic carbocycles. The third-order valence-corrected chi connectivity index (χ3v) is 4.29. The summed E-state index contributed by atoms with van der Waals surface area (Å²) in [5.41, 5.74) is -0.257. The summed E-state index contributed by atoms with van der Waals surface area (Å²) in [6, 6.07) is 4.72. The second-order valence-electron chi connectivity index (χ2n) is 6.11. The van der Waals surface area contributed by atoms with E-state index >= 15 is 0 Å². The zero-order chi connectivity index (χ0) is 19.6. The number of H-pyrrole nitrogens is 1. The first-order chi connectivity index (χ1) is 12.9. The molecule has 1 saturated heterocycles. The minimum absolute atomic E-state index is 0.0323. The summed E-state index contributed by atoms with van der Waals surface area (Å²) in [5, 5.41) is 34.5. The van der Waals surface area contributed by atoms with Crippen LogP contribution in [0.5, 0.6) is 17.2 Å². The SMILES string of the molecule is O=C(c1cc(O)c(O)c(O)c1)N1CCCN(C(=O)c2ccc(=O)[nH]n2)CC1. The van der Waals surface area contributed by atoms with Crippen LogP contribution in [0.1, 0.15) is 27.3 Å². The Bertz CT molecular complexity index is 898. The number of aromatic amines is 1. The van der Waals surface area contributed by atoms with Gasteiger partial charge in [0.15, 0.2) is 17.2 Å². The predicted molar refractivity (Wildman–Crippen MR) is 92.7 cm³/mol. The van der Waals surface area contributed by atoms with Crippen LogP contribution in [0.15, 0.2) is 29.1 Å². The molecule has 0 radical (unpaired) electrons. The average molecular weight is 374 g/mol. The van der Waals surface area contributed by atoms with Crippen molar-refractivity contribution in [3.05, 3.63) is 45.9 Å². The number of aromatic hydroxyl groups is 3. The Morgan fingerprint density at radius 3 is 2.07 bits per heavy atom. The molecule has 0 spiro atoms. The van der Waals surface area contributed by atoms with E-state index < -0.39 is 28.7 Å². The number of phenols is 3. The number of amides is 2. The van der Waals surface area contributed by atoms with Crippen LogP contribution in [0, 0.1) is 0 Å². The highest BCUT2D eigenvalue weighted by Crippen LogP contribution is 2.35. The van der Waals surface area contributed by atoms with Crippen molar-refractivity contribution in [2.45, 2.75) is 6.42 Å². The summed E-state index contributed by atoms with van der Waals surface area (Å²) in [7, 11) is 0. The molecule has 0 bridgehead atoms. The number of hydrogen-bond donors (Lipinski definition) is 4. The van der Waals surface area contributed by atoms with Gasteiger partial charge in [-0.05, 0) is 24.6 Å². The lowest BCUT2D eigenvalue weighted by atomic mass is 10.1. The molecule has 1 aromatic carbocycles. The van der Waals surface area contributed by atoms with Crippen molar-refractivity contribution < 1.29 is 24.9 Å². The number of nitrogens with zero attached hydrogens (tertiary/aromatic N) is 3. The van der Waals surface area contributed by atoms with Gasteiger partial charge in [-0.1, -0.05) is 0 Å². The van der Waals surface area contributed by atoms with Gasteiger partial charge >= 0.3 is 0 Å². The van der Waals surface area contributed by atoms with Gasteiger partial charge in [0.1, 0.15) is 5.69 Å². The third kappa shape index (κ3) is 3.84. The van der Waals surface area contributed by atoms with Crippen LogP contribution in [0.4, 0.5) is 0 Å². The van der Waals surface area contributed by atoms with E-state index in [0.29, 0.717) is 19.5 Å². The van der Waals surface area contributed by atoms with E-state index in [2.05, 4.69) is 10.2 Å². The van der Waals surface area contributed by atoms with E-state index in [1.165, 1.54) is 17.0 Å². The normalized spacial score (nSPS) is 14.7. The maximum absolute atomic E-state index is 12.6. The van der Waals surface area contributed by atoms with Gasteiger partial charge in [-0.15, -0.1) is 0 Å². The second-order valence-corrected chi connectivity index (χ2v) is 6.11. The molecule has 27 heavy (non-hydrogen) atoms. The number of carbonyl (C=O) groups is 2. The smallest absolute Gasteiger partial charge is 0.274 e. The molecular weight excluding hydrogens is 356 g/mol. The van der Waals surface area contributed by atoms with Gasteiger partial charge < -0.3 is 25.1 Å². The lowest BCUT2D eigenvalue weighted by Gasteiger charge is -2.22. The molecule has 142 valence electrons. The van der Waals surface area contributed by atoms with Crippen LogP contribution in [-0.4, -0.2) is 73.3 Å². The number of rotatable bonds is 2. The summed E-state index contributed by atoms with van der Waals surface area (Å²) in [6.45, 7) is 1.30. The first-order valence-electron chi connectivity index (χ1n) is 8.26. The van der Waals surface area contributed by atoms with E-state index in [1.54, 1.807) is 4.90 Å². The first-order valence-corrected chi connectivity index (χ1v) is 8.26. The fraction of sp³-hybridized carbons (Fsp3) is 0.294. The van der Waals surface area contributed by atoms with E-state index in [1.807, 2.05) is 0 Å². The van der Waals surface area contributed by atoms with Gasteiger partial charge in [-0.25, -0.2) is 5.10 Å². The summed E-state index contributed by atoms with van der Waals surface area (Å²) < 4.78 is 0. The Labute approximate surface area is 153 Å². The zero-order valence-corrected chi connectivity index (χ0v) is 14.3. The molecule has 0 saturated carbocycles. The minimum atomic E-state index is -0.687. The highest BCUT2D eigenvalue weighted by molar-refractivity contribution is 5.96. The molecule has 2 heterocycles. The van der Waals surface area contributed by atoms with Crippen molar-refractivity contribution in [2.75, 3.05) is 26.2 Å². The average Bonchev–Trinajstić information content (AvgIpc) is 2.91. The monoisotopic (exact) mass is 374 g/mol. The first kappa shape index (κ1) is 18.2. The molecule has 1 aliphatic rings. The summed E-state index contributed by atoms with van der Waals surface area (Å²) in [6.07, 6.45) is 0.525. The van der Waals surface area contributed by atoms with Crippen LogP contribution in [-0.2, 0) is 0 Å². The van der Waals surface area contributed by atoms with Crippen LogP contribution < -0.4 is 5.56 Å². The fourth-order valence-electron chi connectivity index (χ4n) is 2.86. The molecule has 1 aromatic heterocycles. The maximum Gasteiger partial charge on any atom is 0.274 e. The van der Waals surface area contributed by atoms with Crippen LogP contribution >= 0.6 is 0 Å². The second kappa shape index (κ2) is 7.36. The van der Waals surface area contributed by atoms with Gasteiger partial charge in [-0.2, -0.15) is 5.10 Å². The lowest BCUT2D eigenvalue weighted by Crippen LogP contribution is -2.37. The molecule has 10 heteroatoms. The Hall–Kier alpha value is -3.56. The molecular formula is C17H18N4O6. The molecule has 3 rings (SSSR count). The number of benzene rings is 1. The summed E-state index contributed by atoms with van der Waals surface area (Å²) >= 11 is 0. The van der Waals surface area contributed by atoms with Gasteiger partial charge in [-0.3, -0.25) is 14.4 Å². The predicted octanol–water partition coefficient (Wildman–Crippen LogP) is -0.125. The largest absolute Gasteiger partial charge is 0.504 e. The van der Waals surface area contributed by atoms with Crippen LogP contribution in [0.3, 0.4) is 0 Å². The van der Waals surface area contributed by atoms with Gasteiger partial charge in [0.25, 0.3) is 17.4 Å². The Morgan fingerprint density at radius 1 is 0.926 bits per heavy atom. The standard InChI is InChI=1S/C17H18N4O6/c22-12-8-10(9-13(23)15(12)25)16(26)20-4-1-5-21(7-6-20)17(27)11-2-3-14(24)19-18-11/h2-3,8-9,22-23,25H,1,4-7H2,(H,19,24). The molecule has 0 unspecified atom stereocenters. The van der Waals surface area contributed by atoms with Crippen molar-refractivity contribution in [3.8, 4) is 17.2 Å². The Balaban J connectivity index is 1.71. The lowest BCUT2D eigenvalue weighted by molar-refractivity contribution is 0.0714. The number of carbonyl (C=O) groups excluding carboxylic acids is 2. The van der Waals surface area contributed by atoms with E-state index in [9.17, 15) is 29.7 Å². The van der Waals surface area contributed by atoms with Gasteiger partial charge in [0.2, 0.25) is 0 Å². The quantitative estimate of drug-likeness (QED) is 0.536. The molecule has 0 atom stereocenters. The van der Waals surface area contributed by atoms with Crippen molar-refractivity contribution in [3.63, 3.8) is 0 Å². The molecule has 2 amide bonds. The van der Waals surface area contributed by atoms with Gasteiger partial charge in [0.05, 0.1) is 0 Å². The molecule has 1 fully saturated rings. The number of hydrogen-bond acceptors (Lipinski definition) is 7. The van der Waals surface area contributed by atoms with Crippen LogP contribution in [0.2, 0.25) is 0 Å².